The lowest BCUT2D eigenvalue weighted by Crippen LogP contribution is -2.46. The van der Waals surface area contributed by atoms with Gasteiger partial charge in [0, 0.05) is 24.8 Å². The zero-order valence-electron chi connectivity index (χ0n) is 16.6. The first kappa shape index (κ1) is 22.1. The maximum absolute atomic E-state index is 12.8. The zero-order chi connectivity index (χ0) is 22.3. The normalized spacial score (nSPS) is 20.3. The Kier molecular flexibility index (Phi) is 5.76. The topological polar surface area (TPSA) is 78.9 Å². The van der Waals surface area contributed by atoms with Crippen LogP contribution in [0.2, 0.25) is 0 Å². The van der Waals surface area contributed by atoms with Gasteiger partial charge < -0.3 is 15.2 Å². The molecule has 6 nitrogen and oxygen atoms in total. The Morgan fingerprint density at radius 3 is 2.06 bits per heavy atom. The lowest BCUT2D eigenvalue weighted by atomic mass is 9.92. The molecule has 4 rings (SSSR count). The highest BCUT2D eigenvalue weighted by atomic mass is 32.2. The van der Waals surface area contributed by atoms with Gasteiger partial charge in [0.25, 0.3) is 0 Å². The summed E-state index contributed by atoms with van der Waals surface area (Å²) < 4.78 is 70.0. The fourth-order valence-electron chi connectivity index (χ4n) is 3.78. The third kappa shape index (κ3) is 4.57. The predicted octanol–water partition coefficient (Wildman–Crippen LogP) is 3.19. The highest BCUT2D eigenvalue weighted by Crippen LogP contribution is 2.32. The molecule has 2 aliphatic heterocycles. The van der Waals surface area contributed by atoms with Crippen LogP contribution >= 0.6 is 0 Å². The van der Waals surface area contributed by atoms with Crippen LogP contribution in [0.5, 0.6) is 0 Å². The summed E-state index contributed by atoms with van der Waals surface area (Å²) in [6.45, 7) is 1.11. The highest BCUT2D eigenvalue weighted by Gasteiger charge is 2.38. The first-order valence-corrected chi connectivity index (χ1v) is 11.4. The molecule has 0 spiro atoms. The maximum Gasteiger partial charge on any atom is 0.416 e. The van der Waals surface area contributed by atoms with Crippen LogP contribution in [-0.2, 0) is 26.5 Å². The third-order valence-electron chi connectivity index (χ3n) is 5.75. The largest absolute Gasteiger partial charge is 0.416 e. The summed E-state index contributed by atoms with van der Waals surface area (Å²) in [6.07, 6.45) is -3.37. The molecule has 2 fully saturated rings. The number of nitrogens with one attached hydrogen (secondary N) is 1. The Balaban J connectivity index is 1.34. The van der Waals surface area contributed by atoms with Gasteiger partial charge >= 0.3 is 6.18 Å². The van der Waals surface area contributed by atoms with Crippen molar-refractivity contribution >= 4 is 15.7 Å². The number of hydrogen-bond donors (Lipinski definition) is 2. The van der Waals surface area contributed by atoms with E-state index in [0.29, 0.717) is 12.8 Å². The molecular weight excluding hydrogens is 433 g/mol. The van der Waals surface area contributed by atoms with Gasteiger partial charge in [0.2, 0.25) is 10.0 Å². The van der Waals surface area contributed by atoms with Crippen molar-refractivity contribution < 1.29 is 31.4 Å². The average Bonchev–Trinajstić information content (AvgIpc) is 2.72. The predicted molar refractivity (Wildman–Crippen MR) is 108 cm³/mol. The van der Waals surface area contributed by atoms with Crippen molar-refractivity contribution in [3.05, 3.63) is 59.7 Å². The summed E-state index contributed by atoms with van der Waals surface area (Å²) in [5.74, 6) is 0. The molecule has 0 saturated carbocycles. The number of halogens is 3. The molecule has 0 atom stereocenters. The van der Waals surface area contributed by atoms with Crippen molar-refractivity contribution in [1.82, 2.24) is 4.31 Å². The Morgan fingerprint density at radius 2 is 1.58 bits per heavy atom. The molecule has 2 saturated heterocycles. The van der Waals surface area contributed by atoms with Crippen LogP contribution in [0.25, 0.3) is 0 Å². The zero-order valence-corrected chi connectivity index (χ0v) is 17.4. The summed E-state index contributed by atoms with van der Waals surface area (Å²) in [4.78, 5) is -0.139. The molecule has 0 amide bonds. The number of ether oxygens (including phenoxy) is 1. The summed E-state index contributed by atoms with van der Waals surface area (Å²) in [5.41, 5.74) is -0.132. The fraction of sp³-hybridized carbons (Fsp3) is 0.429. The Bertz CT molecular complexity index is 1010. The van der Waals surface area contributed by atoms with Gasteiger partial charge in [-0.25, -0.2) is 8.42 Å². The minimum atomic E-state index is -4.51. The number of piperidine rings is 1. The molecule has 0 aliphatic carbocycles. The van der Waals surface area contributed by atoms with E-state index >= 15 is 0 Å². The van der Waals surface area contributed by atoms with Crippen LogP contribution in [0.15, 0.2) is 53.4 Å². The smallest absolute Gasteiger partial charge is 0.382 e. The van der Waals surface area contributed by atoms with E-state index in [9.17, 15) is 26.7 Å². The fourth-order valence-corrected chi connectivity index (χ4v) is 5.25. The van der Waals surface area contributed by atoms with Crippen LogP contribution in [0, 0.1) is 0 Å². The molecule has 0 radical (unpaired) electrons. The number of rotatable bonds is 5. The van der Waals surface area contributed by atoms with Crippen molar-refractivity contribution in [3.8, 4) is 0 Å². The Hall–Kier alpha value is -2.14. The number of anilines is 1. The molecule has 31 heavy (non-hydrogen) atoms. The number of alkyl halides is 3. The summed E-state index contributed by atoms with van der Waals surface area (Å²) in [7, 11) is -3.84. The second-order valence-electron chi connectivity index (χ2n) is 7.95. The van der Waals surface area contributed by atoms with Crippen molar-refractivity contribution in [1.29, 1.82) is 0 Å². The van der Waals surface area contributed by atoms with Gasteiger partial charge in [-0.3, -0.25) is 0 Å². The molecular formula is C21H23F3N2O4S. The Labute approximate surface area is 178 Å². The summed E-state index contributed by atoms with van der Waals surface area (Å²) in [6, 6.07) is 11.1. The standard InChI is InChI=1S/C21H23F3N2O4S/c22-21(23,24)16-3-7-19(8-4-16)31(28,29)26-11-9-18(10-12-26)25-17-5-1-15(2-6-17)20(27)13-30-14-20/h1-8,18,25,27H,9-14H2. The van der Waals surface area contributed by atoms with E-state index < -0.39 is 27.4 Å². The minimum absolute atomic E-state index is 0.0695. The first-order chi connectivity index (χ1) is 14.6. The van der Waals surface area contributed by atoms with E-state index in [1.165, 1.54) is 4.31 Å². The molecule has 0 bridgehead atoms. The summed E-state index contributed by atoms with van der Waals surface area (Å²) >= 11 is 0. The van der Waals surface area contributed by atoms with Crippen LogP contribution in [0.3, 0.4) is 0 Å². The SMILES string of the molecule is O=S(=O)(c1ccc(C(F)(F)F)cc1)N1CCC(Nc2ccc(C3(O)COC3)cc2)CC1. The second-order valence-corrected chi connectivity index (χ2v) is 9.88. The second kappa shape index (κ2) is 8.09. The maximum atomic E-state index is 12.8. The van der Waals surface area contributed by atoms with Gasteiger partial charge in [0.15, 0.2) is 0 Å². The van der Waals surface area contributed by atoms with Crippen LogP contribution in [-0.4, -0.2) is 50.2 Å². The molecule has 2 heterocycles. The van der Waals surface area contributed by atoms with E-state index in [-0.39, 0.29) is 37.2 Å². The lowest BCUT2D eigenvalue weighted by molar-refractivity contribution is -0.184. The molecule has 2 aromatic rings. The van der Waals surface area contributed by atoms with Gasteiger partial charge in [0.1, 0.15) is 5.60 Å². The molecule has 10 heteroatoms. The van der Waals surface area contributed by atoms with Gasteiger partial charge in [-0.2, -0.15) is 17.5 Å². The monoisotopic (exact) mass is 456 g/mol. The van der Waals surface area contributed by atoms with Gasteiger partial charge in [-0.05, 0) is 54.8 Å². The van der Waals surface area contributed by atoms with Crippen molar-refractivity contribution in [2.45, 2.75) is 35.6 Å². The quantitative estimate of drug-likeness (QED) is 0.723. The van der Waals surface area contributed by atoms with E-state index in [4.69, 9.17) is 4.74 Å². The highest BCUT2D eigenvalue weighted by molar-refractivity contribution is 7.89. The van der Waals surface area contributed by atoms with Gasteiger partial charge in [-0.15, -0.1) is 0 Å². The number of nitrogens with zero attached hydrogens (tertiary/aromatic N) is 1. The van der Waals surface area contributed by atoms with E-state index in [1.807, 2.05) is 24.3 Å². The molecule has 2 N–H and O–H groups in total. The number of sulfonamides is 1. The van der Waals surface area contributed by atoms with Crippen LogP contribution < -0.4 is 5.32 Å². The summed E-state index contributed by atoms with van der Waals surface area (Å²) in [5, 5.41) is 13.7. The van der Waals surface area contributed by atoms with E-state index in [2.05, 4.69) is 5.32 Å². The Morgan fingerprint density at radius 1 is 1.00 bits per heavy atom. The van der Waals surface area contributed by atoms with Crippen LogP contribution in [0.1, 0.15) is 24.0 Å². The molecule has 2 aliphatic rings. The van der Waals surface area contributed by atoms with E-state index in [1.54, 1.807) is 0 Å². The lowest BCUT2D eigenvalue weighted by Gasteiger charge is -2.37. The van der Waals surface area contributed by atoms with Gasteiger partial charge in [0.05, 0.1) is 23.7 Å². The van der Waals surface area contributed by atoms with E-state index in [0.717, 1.165) is 35.5 Å². The number of benzene rings is 2. The van der Waals surface area contributed by atoms with Crippen molar-refractivity contribution in [2.75, 3.05) is 31.6 Å². The molecule has 2 aromatic carbocycles. The number of aliphatic hydroxyl groups is 1. The first-order valence-electron chi connectivity index (χ1n) is 9.93. The average molecular weight is 456 g/mol. The van der Waals surface area contributed by atoms with Crippen molar-refractivity contribution in [2.24, 2.45) is 0 Å². The van der Waals surface area contributed by atoms with Crippen LogP contribution in [0.4, 0.5) is 18.9 Å². The molecule has 168 valence electrons. The third-order valence-corrected chi connectivity index (χ3v) is 7.66. The van der Waals surface area contributed by atoms with Crippen molar-refractivity contribution in [3.63, 3.8) is 0 Å². The number of hydrogen-bond acceptors (Lipinski definition) is 5. The molecule has 0 unspecified atom stereocenters. The van der Waals surface area contributed by atoms with Gasteiger partial charge in [-0.1, -0.05) is 12.1 Å². The molecule has 0 aromatic heterocycles. The minimum Gasteiger partial charge on any atom is -0.382 e.